The molecule has 1 unspecified atom stereocenters. The molecule has 0 saturated heterocycles. The fourth-order valence-electron chi connectivity index (χ4n) is 1.37. The Kier molecular flexibility index (Phi) is 7.25. The van der Waals surface area contributed by atoms with Crippen LogP contribution in [-0.2, 0) is 9.53 Å². The van der Waals surface area contributed by atoms with Crippen molar-refractivity contribution in [2.45, 2.75) is 12.5 Å². The number of halogens is 1. The topological polar surface area (TPSA) is 67.8 Å². The lowest BCUT2D eigenvalue weighted by Crippen LogP contribution is -2.32. The van der Waals surface area contributed by atoms with Crippen LogP contribution in [-0.4, -0.2) is 44.0 Å². The molecule has 0 aliphatic carbocycles. The van der Waals surface area contributed by atoms with Crippen LogP contribution < -0.4 is 10.1 Å². The molecule has 0 aromatic heterocycles. The maximum Gasteiger partial charge on any atom is 0.306 e. The highest BCUT2D eigenvalue weighted by molar-refractivity contribution is 6.30. The fourth-order valence-corrected chi connectivity index (χ4v) is 1.55. The van der Waals surface area contributed by atoms with E-state index >= 15 is 0 Å². The molecule has 1 aromatic rings. The lowest BCUT2D eigenvalue weighted by atomic mass is 10.3. The molecule has 106 valence electrons. The van der Waals surface area contributed by atoms with Gasteiger partial charge in [0.05, 0.1) is 13.5 Å². The Hall–Kier alpha value is -1.30. The predicted octanol–water partition coefficient (Wildman–Crippen LogP) is 1.23. The number of carbonyl (C=O) groups is 1. The van der Waals surface area contributed by atoms with Gasteiger partial charge in [0.25, 0.3) is 0 Å². The average Bonchev–Trinajstić information content (AvgIpc) is 2.41. The van der Waals surface area contributed by atoms with Gasteiger partial charge >= 0.3 is 5.97 Å². The summed E-state index contributed by atoms with van der Waals surface area (Å²) < 4.78 is 9.88. The molecule has 0 saturated carbocycles. The van der Waals surface area contributed by atoms with E-state index < -0.39 is 6.10 Å². The van der Waals surface area contributed by atoms with E-state index in [0.29, 0.717) is 23.9 Å². The minimum atomic E-state index is -0.656. The summed E-state index contributed by atoms with van der Waals surface area (Å²) in [5.74, 6) is 0.332. The number of hydrogen-bond donors (Lipinski definition) is 2. The molecule has 0 aliphatic rings. The van der Waals surface area contributed by atoms with Crippen molar-refractivity contribution in [1.29, 1.82) is 0 Å². The van der Waals surface area contributed by atoms with Crippen molar-refractivity contribution in [2.24, 2.45) is 0 Å². The summed E-state index contributed by atoms with van der Waals surface area (Å²) in [6.45, 7) is 0.962. The third-order valence-electron chi connectivity index (χ3n) is 2.35. The number of aliphatic hydroxyl groups excluding tert-OH is 1. The van der Waals surface area contributed by atoms with Gasteiger partial charge in [-0.2, -0.15) is 0 Å². The number of benzene rings is 1. The fraction of sp³-hybridized carbons (Fsp3) is 0.462. The molecule has 0 spiro atoms. The maximum atomic E-state index is 10.8. The van der Waals surface area contributed by atoms with Gasteiger partial charge < -0.3 is 19.9 Å². The van der Waals surface area contributed by atoms with Crippen LogP contribution in [0.1, 0.15) is 6.42 Å². The smallest absolute Gasteiger partial charge is 0.306 e. The maximum absolute atomic E-state index is 10.8. The van der Waals surface area contributed by atoms with E-state index in [1.165, 1.54) is 7.11 Å². The number of carbonyl (C=O) groups excluding carboxylic acids is 1. The molecular weight excluding hydrogens is 270 g/mol. The zero-order valence-electron chi connectivity index (χ0n) is 10.8. The molecule has 0 aliphatic heterocycles. The van der Waals surface area contributed by atoms with Crippen LogP contribution >= 0.6 is 11.6 Å². The second-order valence-electron chi connectivity index (χ2n) is 3.95. The molecule has 1 atom stereocenters. The van der Waals surface area contributed by atoms with Crippen molar-refractivity contribution in [2.75, 3.05) is 26.8 Å². The molecule has 19 heavy (non-hydrogen) atoms. The highest BCUT2D eigenvalue weighted by Gasteiger charge is 2.06. The molecule has 2 N–H and O–H groups in total. The molecule has 5 nitrogen and oxygen atoms in total. The van der Waals surface area contributed by atoms with Crippen LogP contribution in [0, 0.1) is 0 Å². The van der Waals surface area contributed by atoms with Crippen LogP contribution in [0.2, 0.25) is 5.02 Å². The first-order valence-electron chi connectivity index (χ1n) is 5.96. The number of methoxy groups -OCH3 is 1. The van der Waals surface area contributed by atoms with E-state index in [2.05, 4.69) is 10.1 Å². The molecule has 0 bridgehead atoms. The van der Waals surface area contributed by atoms with Crippen molar-refractivity contribution >= 4 is 17.6 Å². The molecule has 1 rings (SSSR count). The quantitative estimate of drug-likeness (QED) is 0.556. The van der Waals surface area contributed by atoms with Gasteiger partial charge in [0.15, 0.2) is 0 Å². The van der Waals surface area contributed by atoms with Gasteiger partial charge in [0.1, 0.15) is 18.5 Å². The Bertz CT molecular complexity index is 400. The van der Waals surface area contributed by atoms with E-state index in [9.17, 15) is 9.90 Å². The van der Waals surface area contributed by atoms with Gasteiger partial charge in [-0.05, 0) is 18.2 Å². The molecule has 0 fully saturated rings. The number of aliphatic hydroxyl groups is 1. The highest BCUT2D eigenvalue weighted by Crippen LogP contribution is 2.17. The van der Waals surface area contributed by atoms with Crippen LogP contribution in [0.25, 0.3) is 0 Å². The Morgan fingerprint density at radius 3 is 3.00 bits per heavy atom. The third kappa shape index (κ3) is 7.00. The lowest BCUT2D eigenvalue weighted by molar-refractivity contribution is -0.140. The van der Waals surface area contributed by atoms with Crippen molar-refractivity contribution < 1.29 is 19.4 Å². The SMILES string of the molecule is COC(=O)CCNCC(O)COc1cccc(Cl)c1. The minimum absolute atomic E-state index is 0.158. The van der Waals surface area contributed by atoms with E-state index in [-0.39, 0.29) is 19.0 Å². The largest absolute Gasteiger partial charge is 0.491 e. The van der Waals surface area contributed by atoms with E-state index in [4.69, 9.17) is 16.3 Å². The predicted molar refractivity (Wildman–Crippen MR) is 72.5 cm³/mol. The van der Waals surface area contributed by atoms with E-state index in [0.717, 1.165) is 0 Å². The monoisotopic (exact) mass is 287 g/mol. The van der Waals surface area contributed by atoms with Crippen LogP contribution in [0.15, 0.2) is 24.3 Å². The Labute approximate surface area is 117 Å². The van der Waals surface area contributed by atoms with Crippen LogP contribution in [0.4, 0.5) is 0 Å². The van der Waals surface area contributed by atoms with Gasteiger partial charge in [0.2, 0.25) is 0 Å². The zero-order chi connectivity index (χ0) is 14.1. The van der Waals surface area contributed by atoms with Crippen LogP contribution in [0.5, 0.6) is 5.75 Å². The number of hydrogen-bond acceptors (Lipinski definition) is 5. The van der Waals surface area contributed by atoms with Crippen LogP contribution in [0.3, 0.4) is 0 Å². The van der Waals surface area contributed by atoms with Crippen molar-refractivity contribution in [1.82, 2.24) is 5.32 Å². The van der Waals surface area contributed by atoms with Gasteiger partial charge in [-0.25, -0.2) is 0 Å². The Morgan fingerprint density at radius 2 is 2.32 bits per heavy atom. The number of rotatable bonds is 8. The lowest BCUT2D eigenvalue weighted by Gasteiger charge is -2.13. The Morgan fingerprint density at radius 1 is 1.53 bits per heavy atom. The summed E-state index contributed by atoms with van der Waals surface area (Å²) >= 11 is 5.81. The van der Waals surface area contributed by atoms with Crippen molar-refractivity contribution in [3.05, 3.63) is 29.3 Å². The number of ether oxygens (including phenoxy) is 2. The van der Waals surface area contributed by atoms with Crippen molar-refractivity contribution in [3.63, 3.8) is 0 Å². The zero-order valence-corrected chi connectivity index (χ0v) is 11.5. The Balaban J connectivity index is 2.14. The highest BCUT2D eigenvalue weighted by atomic mass is 35.5. The van der Waals surface area contributed by atoms with Gasteiger partial charge in [0, 0.05) is 18.1 Å². The first kappa shape index (κ1) is 15.8. The summed E-state index contributed by atoms with van der Waals surface area (Å²) in [6, 6.07) is 6.97. The minimum Gasteiger partial charge on any atom is -0.491 e. The molecule has 0 amide bonds. The summed E-state index contributed by atoms with van der Waals surface area (Å²) in [7, 11) is 1.34. The summed E-state index contributed by atoms with van der Waals surface area (Å²) in [5.41, 5.74) is 0. The van der Waals surface area contributed by atoms with Gasteiger partial charge in [-0.15, -0.1) is 0 Å². The summed E-state index contributed by atoms with van der Waals surface area (Å²) in [4.78, 5) is 10.8. The number of nitrogens with one attached hydrogen (secondary N) is 1. The molecule has 1 aromatic carbocycles. The summed E-state index contributed by atoms with van der Waals surface area (Å²) in [5, 5.41) is 13.2. The van der Waals surface area contributed by atoms with Gasteiger partial charge in [-0.1, -0.05) is 17.7 Å². The normalized spacial score (nSPS) is 11.9. The molecule has 0 radical (unpaired) electrons. The standard InChI is InChI=1S/C13H18ClNO4/c1-18-13(17)5-6-15-8-11(16)9-19-12-4-2-3-10(14)7-12/h2-4,7,11,15-16H,5-6,8-9H2,1H3. The molecule has 0 heterocycles. The van der Waals surface area contributed by atoms with Crippen molar-refractivity contribution in [3.8, 4) is 5.75 Å². The first-order chi connectivity index (χ1) is 9.11. The third-order valence-corrected chi connectivity index (χ3v) is 2.59. The van der Waals surface area contributed by atoms with E-state index in [1.54, 1.807) is 24.3 Å². The second-order valence-corrected chi connectivity index (χ2v) is 4.39. The van der Waals surface area contributed by atoms with E-state index in [1.807, 2.05) is 0 Å². The molecular formula is C13H18ClNO4. The van der Waals surface area contributed by atoms with Gasteiger partial charge in [-0.3, -0.25) is 4.79 Å². The first-order valence-corrected chi connectivity index (χ1v) is 6.33. The number of esters is 1. The summed E-state index contributed by atoms with van der Waals surface area (Å²) in [6.07, 6.45) is -0.380. The average molecular weight is 288 g/mol. The second kappa shape index (κ2) is 8.74. The molecule has 6 heteroatoms.